The standard InChI is InChI=1S/C9H17N5O3/c1-16-5-7(17-2)3-11-8(15)4-14-6-12-9(10)13-14/h6-7H,3-5H2,1-2H3,(H2,10,13)(H,11,15). The van der Waals surface area contributed by atoms with Crippen LogP contribution < -0.4 is 11.1 Å². The summed E-state index contributed by atoms with van der Waals surface area (Å²) in [6, 6.07) is 0. The zero-order valence-corrected chi connectivity index (χ0v) is 9.92. The van der Waals surface area contributed by atoms with Crippen molar-refractivity contribution in [3.8, 4) is 0 Å². The summed E-state index contributed by atoms with van der Waals surface area (Å²) in [7, 11) is 3.14. The largest absolute Gasteiger partial charge is 0.382 e. The Hall–Kier alpha value is -1.67. The third-order valence-electron chi connectivity index (χ3n) is 2.07. The number of hydrogen-bond donors (Lipinski definition) is 2. The molecule has 17 heavy (non-hydrogen) atoms. The fraction of sp³-hybridized carbons (Fsp3) is 0.667. The summed E-state index contributed by atoms with van der Waals surface area (Å²) in [5.74, 6) is -0.0417. The van der Waals surface area contributed by atoms with Crippen LogP contribution in [-0.2, 0) is 20.8 Å². The lowest BCUT2D eigenvalue weighted by Gasteiger charge is -2.14. The number of nitrogens with one attached hydrogen (secondary N) is 1. The molecule has 0 spiro atoms. The van der Waals surface area contributed by atoms with Gasteiger partial charge in [0.1, 0.15) is 12.9 Å². The molecule has 0 aliphatic heterocycles. The van der Waals surface area contributed by atoms with Gasteiger partial charge in [-0.25, -0.2) is 9.67 Å². The lowest BCUT2D eigenvalue weighted by Crippen LogP contribution is -2.37. The number of amides is 1. The van der Waals surface area contributed by atoms with Crippen LogP contribution in [0.1, 0.15) is 0 Å². The molecule has 3 N–H and O–H groups in total. The predicted octanol–water partition coefficient (Wildman–Crippen LogP) is -1.36. The van der Waals surface area contributed by atoms with E-state index in [-0.39, 0.29) is 24.5 Å². The van der Waals surface area contributed by atoms with E-state index in [1.165, 1.54) is 11.0 Å². The van der Waals surface area contributed by atoms with E-state index < -0.39 is 0 Å². The summed E-state index contributed by atoms with van der Waals surface area (Å²) in [5, 5.41) is 6.50. The second-order valence-electron chi connectivity index (χ2n) is 3.42. The van der Waals surface area contributed by atoms with Crippen molar-refractivity contribution in [3.05, 3.63) is 6.33 Å². The van der Waals surface area contributed by atoms with Gasteiger partial charge in [-0.2, -0.15) is 0 Å². The van der Waals surface area contributed by atoms with Gasteiger partial charge in [-0.3, -0.25) is 4.79 Å². The third kappa shape index (κ3) is 4.79. The van der Waals surface area contributed by atoms with E-state index in [0.717, 1.165) is 0 Å². The molecule has 0 saturated heterocycles. The van der Waals surface area contributed by atoms with Crippen LogP contribution in [0.2, 0.25) is 0 Å². The van der Waals surface area contributed by atoms with Gasteiger partial charge in [-0.1, -0.05) is 0 Å². The number of methoxy groups -OCH3 is 2. The molecule has 96 valence electrons. The fourth-order valence-electron chi connectivity index (χ4n) is 1.21. The number of nitrogens with two attached hydrogens (primary N) is 1. The maximum Gasteiger partial charge on any atom is 0.241 e. The summed E-state index contributed by atoms with van der Waals surface area (Å²) >= 11 is 0. The Labute approximate surface area is 99.1 Å². The monoisotopic (exact) mass is 243 g/mol. The second kappa shape index (κ2) is 6.81. The molecule has 0 radical (unpaired) electrons. The minimum atomic E-state index is -0.187. The van der Waals surface area contributed by atoms with Gasteiger partial charge in [0.2, 0.25) is 11.9 Å². The molecule has 8 heteroatoms. The average Bonchev–Trinajstić information content (AvgIpc) is 2.70. The Morgan fingerprint density at radius 1 is 1.65 bits per heavy atom. The van der Waals surface area contributed by atoms with E-state index in [1.807, 2.05) is 0 Å². The number of ether oxygens (including phenoxy) is 2. The molecule has 0 saturated carbocycles. The molecule has 1 unspecified atom stereocenters. The summed E-state index contributed by atoms with van der Waals surface area (Å²) in [5.41, 5.74) is 5.33. The number of hydrogen-bond acceptors (Lipinski definition) is 6. The minimum Gasteiger partial charge on any atom is -0.382 e. The van der Waals surface area contributed by atoms with Crippen molar-refractivity contribution in [1.29, 1.82) is 0 Å². The van der Waals surface area contributed by atoms with Crippen LogP contribution in [-0.4, -0.2) is 54.1 Å². The Bertz CT molecular complexity index is 354. The van der Waals surface area contributed by atoms with Gasteiger partial charge in [0, 0.05) is 20.8 Å². The molecule has 0 aromatic carbocycles. The quantitative estimate of drug-likeness (QED) is 0.612. The molecule has 1 amide bonds. The maximum atomic E-state index is 11.5. The van der Waals surface area contributed by atoms with Crippen LogP contribution >= 0.6 is 0 Å². The van der Waals surface area contributed by atoms with Crippen LogP contribution in [0.5, 0.6) is 0 Å². The minimum absolute atomic E-state index is 0.0770. The molecule has 0 aliphatic carbocycles. The molecule has 0 bridgehead atoms. The van der Waals surface area contributed by atoms with Gasteiger partial charge >= 0.3 is 0 Å². The number of nitrogen functional groups attached to an aromatic ring is 1. The Kier molecular flexibility index (Phi) is 5.37. The van der Waals surface area contributed by atoms with Crippen molar-refractivity contribution < 1.29 is 14.3 Å². The van der Waals surface area contributed by atoms with Crippen LogP contribution in [0.25, 0.3) is 0 Å². The molecule has 1 aromatic heterocycles. The first kappa shape index (κ1) is 13.4. The first-order chi connectivity index (χ1) is 8.15. The van der Waals surface area contributed by atoms with Gasteiger partial charge in [-0.05, 0) is 0 Å². The summed E-state index contributed by atoms with van der Waals surface area (Å²) in [4.78, 5) is 15.2. The van der Waals surface area contributed by atoms with E-state index in [4.69, 9.17) is 15.2 Å². The second-order valence-corrected chi connectivity index (χ2v) is 3.42. The first-order valence-corrected chi connectivity index (χ1v) is 5.09. The van der Waals surface area contributed by atoms with Crippen LogP contribution in [0.15, 0.2) is 6.33 Å². The number of carbonyl (C=O) groups is 1. The van der Waals surface area contributed by atoms with Crippen LogP contribution in [0.4, 0.5) is 5.95 Å². The van der Waals surface area contributed by atoms with Crippen molar-refractivity contribution in [2.24, 2.45) is 0 Å². The van der Waals surface area contributed by atoms with E-state index in [9.17, 15) is 4.79 Å². The number of nitrogens with zero attached hydrogens (tertiary/aromatic N) is 3. The van der Waals surface area contributed by atoms with Gasteiger partial charge in [-0.15, -0.1) is 5.10 Å². The molecule has 8 nitrogen and oxygen atoms in total. The van der Waals surface area contributed by atoms with Crippen molar-refractivity contribution in [2.45, 2.75) is 12.6 Å². The molecule has 0 aliphatic rings. The van der Waals surface area contributed by atoms with E-state index in [2.05, 4.69) is 15.4 Å². The van der Waals surface area contributed by atoms with Gasteiger partial charge in [0.15, 0.2) is 0 Å². The first-order valence-electron chi connectivity index (χ1n) is 5.09. The highest BCUT2D eigenvalue weighted by Gasteiger charge is 2.10. The SMILES string of the molecule is COCC(CNC(=O)Cn1cnc(N)n1)OC. The fourth-order valence-corrected chi connectivity index (χ4v) is 1.21. The smallest absolute Gasteiger partial charge is 0.241 e. The maximum absolute atomic E-state index is 11.5. The van der Waals surface area contributed by atoms with Gasteiger partial charge in [0.05, 0.1) is 12.7 Å². The number of carbonyl (C=O) groups excluding carboxylic acids is 1. The number of rotatable bonds is 7. The predicted molar refractivity (Wildman–Crippen MR) is 60.1 cm³/mol. The van der Waals surface area contributed by atoms with E-state index in [1.54, 1.807) is 14.2 Å². The van der Waals surface area contributed by atoms with Gasteiger partial charge in [0.25, 0.3) is 0 Å². The molecule has 1 heterocycles. The van der Waals surface area contributed by atoms with E-state index in [0.29, 0.717) is 13.2 Å². The normalized spacial score (nSPS) is 12.4. The van der Waals surface area contributed by atoms with Crippen LogP contribution in [0.3, 0.4) is 0 Å². The van der Waals surface area contributed by atoms with Crippen molar-refractivity contribution >= 4 is 11.9 Å². The van der Waals surface area contributed by atoms with E-state index >= 15 is 0 Å². The van der Waals surface area contributed by atoms with Crippen molar-refractivity contribution in [3.63, 3.8) is 0 Å². The molecular formula is C9H17N5O3. The zero-order chi connectivity index (χ0) is 12.7. The highest BCUT2D eigenvalue weighted by atomic mass is 16.5. The highest BCUT2D eigenvalue weighted by Crippen LogP contribution is 1.91. The van der Waals surface area contributed by atoms with Gasteiger partial charge < -0.3 is 20.5 Å². The molecule has 1 aromatic rings. The van der Waals surface area contributed by atoms with Crippen molar-refractivity contribution in [2.75, 3.05) is 33.1 Å². The molecule has 1 rings (SSSR count). The Morgan fingerprint density at radius 3 is 2.94 bits per heavy atom. The summed E-state index contributed by atoms with van der Waals surface area (Å²) in [6.07, 6.45) is 1.24. The summed E-state index contributed by atoms with van der Waals surface area (Å²) in [6.45, 7) is 0.883. The van der Waals surface area contributed by atoms with Crippen molar-refractivity contribution in [1.82, 2.24) is 20.1 Å². The van der Waals surface area contributed by atoms with Crippen LogP contribution in [0, 0.1) is 0 Å². The Balaban J connectivity index is 2.29. The lowest BCUT2D eigenvalue weighted by atomic mass is 10.3. The number of anilines is 1. The molecular weight excluding hydrogens is 226 g/mol. The average molecular weight is 243 g/mol. The lowest BCUT2D eigenvalue weighted by molar-refractivity contribution is -0.122. The zero-order valence-electron chi connectivity index (χ0n) is 9.92. The Morgan fingerprint density at radius 2 is 2.41 bits per heavy atom. The highest BCUT2D eigenvalue weighted by molar-refractivity contribution is 5.75. The third-order valence-corrected chi connectivity index (χ3v) is 2.07. The topological polar surface area (TPSA) is 104 Å². The molecule has 0 fully saturated rings. The molecule has 1 atom stereocenters. The summed E-state index contributed by atoms with van der Waals surface area (Å²) < 4.78 is 11.4. The number of aromatic nitrogens is 3.